The molecule has 2 saturated carbocycles. The molecule has 0 saturated heterocycles. The molecule has 3 aliphatic rings. The average molecular weight is 288 g/mol. The highest BCUT2D eigenvalue weighted by Gasteiger charge is 2.57. The second-order valence-corrected chi connectivity index (χ2v) is 7.59. The molecule has 4 rings (SSSR count). The van der Waals surface area contributed by atoms with E-state index in [9.17, 15) is 15.3 Å². The van der Waals surface area contributed by atoms with Crippen LogP contribution in [0.15, 0.2) is 18.2 Å². The lowest BCUT2D eigenvalue weighted by Crippen LogP contribution is -2.50. The normalized spacial score (nSPS) is 44.8. The Kier molecular flexibility index (Phi) is 2.89. The molecule has 6 atom stereocenters. The van der Waals surface area contributed by atoms with Gasteiger partial charge in [-0.05, 0) is 72.6 Å². The van der Waals surface area contributed by atoms with Crippen molar-refractivity contribution in [1.29, 1.82) is 0 Å². The molecule has 114 valence electrons. The number of hydrogen-bond acceptors (Lipinski definition) is 3. The Morgan fingerprint density at radius 1 is 1.14 bits per heavy atom. The average Bonchev–Trinajstić information content (AvgIpc) is 2.74. The van der Waals surface area contributed by atoms with Gasteiger partial charge in [0.15, 0.2) is 0 Å². The number of benzene rings is 1. The summed E-state index contributed by atoms with van der Waals surface area (Å²) in [5.74, 6) is 1.48. The fourth-order valence-electron chi connectivity index (χ4n) is 5.62. The molecule has 0 aromatic heterocycles. The zero-order chi connectivity index (χ0) is 14.8. The molecular weight excluding hydrogens is 264 g/mol. The van der Waals surface area contributed by atoms with Crippen LogP contribution in [0.3, 0.4) is 0 Å². The summed E-state index contributed by atoms with van der Waals surface area (Å²) in [6.45, 7) is 2.17. The van der Waals surface area contributed by atoms with Crippen LogP contribution in [-0.2, 0) is 6.42 Å². The fraction of sp³-hybridized carbons (Fsp3) is 0.667. The molecule has 4 unspecified atom stereocenters. The summed E-state index contributed by atoms with van der Waals surface area (Å²) in [6.07, 6.45) is 4.04. The number of phenols is 1. The minimum absolute atomic E-state index is 0.116. The van der Waals surface area contributed by atoms with Gasteiger partial charge in [-0.15, -0.1) is 0 Å². The van der Waals surface area contributed by atoms with Crippen molar-refractivity contribution in [3.8, 4) is 5.75 Å². The van der Waals surface area contributed by atoms with Gasteiger partial charge in [0.25, 0.3) is 0 Å². The zero-order valence-corrected chi connectivity index (χ0v) is 12.5. The van der Waals surface area contributed by atoms with Crippen molar-refractivity contribution >= 4 is 0 Å². The maximum atomic E-state index is 10.8. The summed E-state index contributed by atoms with van der Waals surface area (Å²) in [7, 11) is 0. The van der Waals surface area contributed by atoms with Crippen LogP contribution in [-0.4, -0.2) is 27.5 Å². The summed E-state index contributed by atoms with van der Waals surface area (Å²) >= 11 is 0. The second kappa shape index (κ2) is 4.47. The van der Waals surface area contributed by atoms with Crippen LogP contribution in [0.5, 0.6) is 5.75 Å². The van der Waals surface area contributed by atoms with Crippen molar-refractivity contribution in [3.05, 3.63) is 29.3 Å². The molecule has 3 nitrogen and oxygen atoms in total. The van der Waals surface area contributed by atoms with E-state index >= 15 is 0 Å². The van der Waals surface area contributed by atoms with Crippen LogP contribution >= 0.6 is 0 Å². The van der Waals surface area contributed by atoms with Crippen molar-refractivity contribution in [1.82, 2.24) is 0 Å². The van der Waals surface area contributed by atoms with E-state index in [4.69, 9.17) is 0 Å². The largest absolute Gasteiger partial charge is 0.508 e. The third-order valence-electron chi connectivity index (χ3n) is 6.63. The second-order valence-electron chi connectivity index (χ2n) is 7.59. The van der Waals surface area contributed by atoms with Crippen LogP contribution in [0.2, 0.25) is 0 Å². The molecule has 3 heteroatoms. The van der Waals surface area contributed by atoms with Crippen molar-refractivity contribution < 1.29 is 15.3 Å². The number of phenolic OH excluding ortho intramolecular Hbond substituents is 1. The van der Waals surface area contributed by atoms with Crippen molar-refractivity contribution in [2.45, 2.75) is 57.2 Å². The molecule has 0 spiro atoms. The van der Waals surface area contributed by atoms with Crippen LogP contribution in [0, 0.1) is 17.3 Å². The Morgan fingerprint density at radius 2 is 1.95 bits per heavy atom. The summed E-state index contributed by atoms with van der Waals surface area (Å²) in [5, 5.41) is 30.8. The van der Waals surface area contributed by atoms with Crippen molar-refractivity contribution in [2.75, 3.05) is 0 Å². The van der Waals surface area contributed by atoms with E-state index in [0.717, 1.165) is 25.7 Å². The molecule has 0 bridgehead atoms. The molecule has 0 radical (unpaired) electrons. The van der Waals surface area contributed by atoms with Crippen LogP contribution in [0.4, 0.5) is 0 Å². The third kappa shape index (κ3) is 1.80. The first-order valence-corrected chi connectivity index (χ1v) is 8.18. The van der Waals surface area contributed by atoms with E-state index in [0.29, 0.717) is 24.0 Å². The quantitative estimate of drug-likeness (QED) is 0.687. The van der Waals surface area contributed by atoms with Crippen LogP contribution < -0.4 is 0 Å². The molecule has 1 aromatic carbocycles. The smallest absolute Gasteiger partial charge is 0.115 e. The van der Waals surface area contributed by atoms with E-state index < -0.39 is 0 Å². The van der Waals surface area contributed by atoms with Gasteiger partial charge in [0.1, 0.15) is 5.75 Å². The van der Waals surface area contributed by atoms with Gasteiger partial charge in [-0.25, -0.2) is 0 Å². The van der Waals surface area contributed by atoms with E-state index in [-0.39, 0.29) is 23.5 Å². The van der Waals surface area contributed by atoms with Crippen LogP contribution in [0.25, 0.3) is 0 Å². The topological polar surface area (TPSA) is 60.7 Å². The number of aromatic hydroxyl groups is 1. The highest BCUT2D eigenvalue weighted by Crippen LogP contribution is 2.60. The molecule has 21 heavy (non-hydrogen) atoms. The highest BCUT2D eigenvalue weighted by atomic mass is 16.3. The Morgan fingerprint density at radius 3 is 2.76 bits per heavy atom. The van der Waals surface area contributed by atoms with Gasteiger partial charge < -0.3 is 15.3 Å². The van der Waals surface area contributed by atoms with E-state index in [1.54, 1.807) is 6.07 Å². The van der Waals surface area contributed by atoms with Gasteiger partial charge in [0, 0.05) is 5.92 Å². The first-order valence-electron chi connectivity index (χ1n) is 8.18. The first kappa shape index (κ1) is 13.6. The van der Waals surface area contributed by atoms with Gasteiger partial charge in [0.2, 0.25) is 0 Å². The number of fused-ring (bicyclic) bond motifs is 5. The molecule has 0 amide bonds. The molecule has 3 N–H and O–H groups in total. The minimum atomic E-state index is -0.382. The molecule has 1 aromatic rings. The van der Waals surface area contributed by atoms with Gasteiger partial charge in [-0.3, -0.25) is 0 Å². The number of aliphatic hydroxyl groups excluding tert-OH is 2. The summed E-state index contributed by atoms with van der Waals surface area (Å²) in [4.78, 5) is 0. The number of hydrogen-bond donors (Lipinski definition) is 3. The monoisotopic (exact) mass is 288 g/mol. The van der Waals surface area contributed by atoms with Gasteiger partial charge in [-0.1, -0.05) is 13.0 Å². The molecule has 0 aliphatic heterocycles. The van der Waals surface area contributed by atoms with Gasteiger partial charge in [-0.2, -0.15) is 0 Å². The minimum Gasteiger partial charge on any atom is -0.508 e. The van der Waals surface area contributed by atoms with E-state index in [1.165, 1.54) is 11.1 Å². The standard InChI is InChI=1S/C18H24O3/c1-18-9-15(20)17-12-5-3-11(19)8-10(12)2-4-13(17)14(18)6-7-16(18)21/h3,5,8,13-17,19-21H,2,4,6-7,9H2,1H3/t13?,14?,15-,16?,17?,18+/m1/s1. The van der Waals surface area contributed by atoms with Crippen LogP contribution in [0.1, 0.15) is 49.7 Å². The number of rotatable bonds is 0. The maximum absolute atomic E-state index is 10.8. The zero-order valence-electron chi connectivity index (χ0n) is 12.5. The number of aryl methyl sites for hydroxylation is 1. The fourth-order valence-corrected chi connectivity index (χ4v) is 5.62. The van der Waals surface area contributed by atoms with Crippen molar-refractivity contribution in [2.24, 2.45) is 17.3 Å². The Labute approximate surface area is 125 Å². The molecular formula is C18H24O3. The Hall–Kier alpha value is -1.06. The summed E-state index contributed by atoms with van der Waals surface area (Å²) in [5.41, 5.74) is 2.30. The summed E-state index contributed by atoms with van der Waals surface area (Å²) in [6, 6.07) is 5.60. The molecule has 3 aliphatic carbocycles. The van der Waals surface area contributed by atoms with E-state index in [1.807, 2.05) is 12.1 Å². The summed E-state index contributed by atoms with van der Waals surface area (Å²) < 4.78 is 0. The third-order valence-corrected chi connectivity index (χ3v) is 6.63. The van der Waals surface area contributed by atoms with Crippen molar-refractivity contribution in [3.63, 3.8) is 0 Å². The predicted octanol–water partition coefficient (Wildman–Crippen LogP) is 2.58. The predicted molar refractivity (Wildman–Crippen MR) is 80.1 cm³/mol. The Bertz CT molecular complexity index is 570. The lowest BCUT2D eigenvalue weighted by molar-refractivity contribution is -0.0798. The molecule has 0 heterocycles. The number of aliphatic hydroxyl groups is 2. The maximum Gasteiger partial charge on any atom is 0.115 e. The lowest BCUT2D eigenvalue weighted by atomic mass is 9.54. The molecule has 2 fully saturated rings. The van der Waals surface area contributed by atoms with Gasteiger partial charge in [0.05, 0.1) is 12.2 Å². The Balaban J connectivity index is 1.76. The highest BCUT2D eigenvalue weighted by molar-refractivity contribution is 5.40. The lowest BCUT2D eigenvalue weighted by Gasteiger charge is -2.52. The van der Waals surface area contributed by atoms with E-state index in [2.05, 4.69) is 6.92 Å². The van der Waals surface area contributed by atoms with Gasteiger partial charge >= 0.3 is 0 Å². The first-order chi connectivity index (χ1) is 10.0. The SMILES string of the molecule is C[C@]12C[C@@H](O)C3c4ccc(O)cc4CCC3C1CCC2O.